The number of carbonyl (C=O) groups is 1. The third-order valence-corrected chi connectivity index (χ3v) is 4.38. The molecule has 0 fully saturated rings. The Morgan fingerprint density at radius 3 is 2.90 bits per heavy atom. The fraction of sp³-hybridized carbons (Fsp3) is 0.0714. The number of aromatic nitrogens is 2. The zero-order valence-electron chi connectivity index (χ0n) is 10.9. The zero-order chi connectivity index (χ0) is 14.7. The lowest BCUT2D eigenvalue weighted by atomic mass is 10.2. The van der Waals surface area contributed by atoms with Crippen molar-refractivity contribution in [3.63, 3.8) is 0 Å². The van der Waals surface area contributed by atoms with Crippen LogP contribution in [0.3, 0.4) is 0 Å². The fourth-order valence-corrected chi connectivity index (χ4v) is 3.23. The van der Waals surface area contributed by atoms with Crippen LogP contribution >= 0.6 is 22.7 Å². The number of anilines is 2. The standard InChI is InChI=1S/C14H12N4OS2/c15-11-4-2-1-3-10(11)13-17-9(8-21-13)7-12(19)18-14-16-5-6-20-14/h1-6,8H,7,15H2,(H,16,18,19). The van der Waals surface area contributed by atoms with E-state index in [4.69, 9.17) is 5.73 Å². The van der Waals surface area contributed by atoms with Gasteiger partial charge in [0.25, 0.3) is 0 Å². The molecule has 7 heteroatoms. The number of benzene rings is 1. The summed E-state index contributed by atoms with van der Waals surface area (Å²) < 4.78 is 0. The average molecular weight is 316 g/mol. The van der Waals surface area contributed by atoms with Gasteiger partial charge in [-0.15, -0.1) is 22.7 Å². The Labute approximate surface area is 129 Å². The van der Waals surface area contributed by atoms with Gasteiger partial charge in [0.05, 0.1) is 12.1 Å². The Hall–Kier alpha value is -2.25. The van der Waals surface area contributed by atoms with Crippen molar-refractivity contribution >= 4 is 39.4 Å². The van der Waals surface area contributed by atoms with Crippen molar-refractivity contribution in [2.75, 3.05) is 11.1 Å². The van der Waals surface area contributed by atoms with Crippen LogP contribution in [0.1, 0.15) is 5.69 Å². The van der Waals surface area contributed by atoms with Crippen LogP contribution in [0.4, 0.5) is 10.8 Å². The molecule has 21 heavy (non-hydrogen) atoms. The normalized spacial score (nSPS) is 10.5. The minimum Gasteiger partial charge on any atom is -0.398 e. The van der Waals surface area contributed by atoms with Gasteiger partial charge in [-0.05, 0) is 12.1 Å². The Morgan fingerprint density at radius 2 is 2.14 bits per heavy atom. The van der Waals surface area contributed by atoms with Crippen molar-refractivity contribution < 1.29 is 4.79 Å². The molecule has 0 spiro atoms. The van der Waals surface area contributed by atoms with Gasteiger partial charge in [0.15, 0.2) is 5.13 Å². The van der Waals surface area contributed by atoms with Gasteiger partial charge in [-0.3, -0.25) is 4.79 Å². The van der Waals surface area contributed by atoms with Crippen LogP contribution in [-0.4, -0.2) is 15.9 Å². The van der Waals surface area contributed by atoms with Crippen molar-refractivity contribution in [3.05, 3.63) is 46.9 Å². The summed E-state index contributed by atoms with van der Waals surface area (Å²) in [5.74, 6) is -0.122. The molecule has 0 atom stereocenters. The van der Waals surface area contributed by atoms with Crippen LogP contribution in [0.15, 0.2) is 41.2 Å². The van der Waals surface area contributed by atoms with Crippen molar-refractivity contribution in [1.29, 1.82) is 0 Å². The Morgan fingerprint density at radius 1 is 1.29 bits per heavy atom. The van der Waals surface area contributed by atoms with Crippen LogP contribution in [0.5, 0.6) is 0 Å². The van der Waals surface area contributed by atoms with E-state index in [0.717, 1.165) is 16.3 Å². The smallest absolute Gasteiger partial charge is 0.232 e. The minimum atomic E-state index is -0.122. The molecule has 3 aromatic rings. The SMILES string of the molecule is Nc1ccccc1-c1nc(CC(=O)Nc2nccs2)cs1. The van der Waals surface area contributed by atoms with Crippen LogP contribution in [-0.2, 0) is 11.2 Å². The second-order valence-corrected chi connectivity index (χ2v) is 6.05. The number of nitrogens with two attached hydrogens (primary N) is 1. The van der Waals surface area contributed by atoms with Crippen LogP contribution in [0.25, 0.3) is 10.6 Å². The van der Waals surface area contributed by atoms with E-state index in [2.05, 4.69) is 15.3 Å². The first kappa shape index (κ1) is 13.7. The molecule has 106 valence electrons. The molecule has 2 heterocycles. The number of hydrogen-bond acceptors (Lipinski definition) is 6. The monoisotopic (exact) mass is 316 g/mol. The third-order valence-electron chi connectivity index (χ3n) is 2.76. The van der Waals surface area contributed by atoms with Gasteiger partial charge in [0.1, 0.15) is 5.01 Å². The largest absolute Gasteiger partial charge is 0.398 e. The highest BCUT2D eigenvalue weighted by molar-refractivity contribution is 7.14. The number of nitrogens with zero attached hydrogens (tertiary/aromatic N) is 2. The summed E-state index contributed by atoms with van der Waals surface area (Å²) >= 11 is 2.87. The lowest BCUT2D eigenvalue weighted by molar-refractivity contribution is -0.115. The summed E-state index contributed by atoms with van der Waals surface area (Å²) in [5, 5.41) is 7.86. The third kappa shape index (κ3) is 3.26. The highest BCUT2D eigenvalue weighted by Crippen LogP contribution is 2.28. The number of carbonyl (C=O) groups excluding carboxylic acids is 1. The summed E-state index contributed by atoms with van der Waals surface area (Å²) in [5.41, 5.74) is 8.25. The number of hydrogen-bond donors (Lipinski definition) is 2. The van der Waals surface area contributed by atoms with Crippen LogP contribution < -0.4 is 11.1 Å². The van der Waals surface area contributed by atoms with Gasteiger partial charge in [0, 0.05) is 28.2 Å². The molecular weight excluding hydrogens is 304 g/mol. The van der Waals surface area contributed by atoms with E-state index in [1.807, 2.05) is 35.0 Å². The van der Waals surface area contributed by atoms with E-state index in [-0.39, 0.29) is 12.3 Å². The van der Waals surface area contributed by atoms with E-state index in [0.29, 0.717) is 10.8 Å². The van der Waals surface area contributed by atoms with E-state index in [1.165, 1.54) is 22.7 Å². The second-order valence-electron chi connectivity index (χ2n) is 4.29. The van der Waals surface area contributed by atoms with Gasteiger partial charge in [0.2, 0.25) is 5.91 Å². The summed E-state index contributed by atoms with van der Waals surface area (Å²) in [6.07, 6.45) is 1.88. The minimum absolute atomic E-state index is 0.122. The molecule has 0 aliphatic rings. The second kappa shape index (κ2) is 6.02. The maximum absolute atomic E-state index is 11.9. The summed E-state index contributed by atoms with van der Waals surface area (Å²) in [6.45, 7) is 0. The Balaban J connectivity index is 1.71. The first-order chi connectivity index (χ1) is 10.2. The number of amides is 1. The number of thiazole rings is 2. The predicted octanol–water partition coefficient (Wildman–Crippen LogP) is 3.03. The average Bonchev–Trinajstić information content (AvgIpc) is 3.11. The molecule has 5 nitrogen and oxygen atoms in total. The maximum atomic E-state index is 11.9. The Kier molecular flexibility index (Phi) is 3.94. The molecule has 1 aromatic carbocycles. The zero-order valence-corrected chi connectivity index (χ0v) is 12.6. The molecule has 2 aromatic heterocycles. The van der Waals surface area contributed by atoms with Crippen molar-refractivity contribution in [2.24, 2.45) is 0 Å². The topological polar surface area (TPSA) is 80.9 Å². The molecule has 0 saturated carbocycles. The van der Waals surface area contributed by atoms with Gasteiger partial charge >= 0.3 is 0 Å². The van der Waals surface area contributed by atoms with E-state index in [9.17, 15) is 4.79 Å². The molecule has 1 amide bonds. The first-order valence-corrected chi connectivity index (χ1v) is 7.97. The van der Waals surface area contributed by atoms with Gasteiger partial charge < -0.3 is 11.1 Å². The van der Waals surface area contributed by atoms with Gasteiger partial charge in [-0.1, -0.05) is 12.1 Å². The number of nitrogens with one attached hydrogen (secondary N) is 1. The predicted molar refractivity (Wildman–Crippen MR) is 86.4 cm³/mol. The van der Waals surface area contributed by atoms with Crippen molar-refractivity contribution in [1.82, 2.24) is 9.97 Å². The first-order valence-electron chi connectivity index (χ1n) is 6.21. The highest BCUT2D eigenvalue weighted by atomic mass is 32.1. The van der Waals surface area contributed by atoms with Gasteiger partial charge in [-0.25, -0.2) is 9.97 Å². The summed E-state index contributed by atoms with van der Waals surface area (Å²) in [4.78, 5) is 20.4. The van der Waals surface area contributed by atoms with Crippen molar-refractivity contribution in [3.8, 4) is 10.6 Å². The highest BCUT2D eigenvalue weighted by Gasteiger charge is 2.11. The van der Waals surface area contributed by atoms with E-state index in [1.54, 1.807) is 6.20 Å². The molecule has 0 radical (unpaired) electrons. The number of para-hydroxylation sites is 1. The van der Waals surface area contributed by atoms with Crippen LogP contribution in [0.2, 0.25) is 0 Å². The molecule has 3 N–H and O–H groups in total. The molecule has 0 unspecified atom stereocenters. The van der Waals surface area contributed by atoms with Crippen molar-refractivity contribution in [2.45, 2.75) is 6.42 Å². The molecule has 3 rings (SSSR count). The van der Waals surface area contributed by atoms with Gasteiger partial charge in [-0.2, -0.15) is 0 Å². The summed E-state index contributed by atoms with van der Waals surface area (Å²) in [6, 6.07) is 7.57. The molecular formula is C14H12N4OS2. The molecule has 0 aliphatic carbocycles. The van der Waals surface area contributed by atoms with E-state index < -0.39 is 0 Å². The molecule has 0 bridgehead atoms. The quantitative estimate of drug-likeness (QED) is 0.725. The lowest BCUT2D eigenvalue weighted by Gasteiger charge is -2.01. The fourth-order valence-electron chi connectivity index (χ4n) is 1.82. The number of nitrogen functional groups attached to an aromatic ring is 1. The lowest BCUT2D eigenvalue weighted by Crippen LogP contribution is -2.14. The maximum Gasteiger partial charge on any atom is 0.232 e. The van der Waals surface area contributed by atoms with E-state index >= 15 is 0 Å². The molecule has 0 aliphatic heterocycles. The number of rotatable bonds is 4. The van der Waals surface area contributed by atoms with Crippen LogP contribution in [0, 0.1) is 0 Å². The summed E-state index contributed by atoms with van der Waals surface area (Å²) in [7, 11) is 0. The molecule has 0 saturated heterocycles. The Bertz CT molecular complexity index is 752.